The minimum absolute atomic E-state index is 0.0103. The fourth-order valence-corrected chi connectivity index (χ4v) is 1.44. The highest BCUT2D eigenvalue weighted by molar-refractivity contribution is 7.34. The van der Waals surface area contributed by atoms with Gasteiger partial charge in [0.15, 0.2) is 5.30 Å². The number of benzene rings is 1. The first-order valence-electron chi connectivity index (χ1n) is 3.82. The van der Waals surface area contributed by atoms with E-state index in [1.807, 2.05) is 0 Å². The maximum Gasteiger partial charge on any atom is 0.416 e. The van der Waals surface area contributed by atoms with E-state index in [1.165, 1.54) is 0 Å². The molecule has 0 aliphatic carbocycles. The van der Waals surface area contributed by atoms with Crippen LogP contribution in [0.25, 0.3) is 0 Å². The lowest BCUT2D eigenvalue weighted by molar-refractivity contribution is -0.142. The van der Waals surface area contributed by atoms with E-state index in [0.29, 0.717) is 12.1 Å². The van der Waals surface area contributed by atoms with Crippen LogP contribution in [0, 0.1) is 0 Å². The molecule has 0 aliphatic heterocycles. The Labute approximate surface area is 87.3 Å². The Balaban J connectivity index is 3.39. The Morgan fingerprint density at radius 1 is 0.812 bits per heavy atom. The Bertz CT molecular complexity index is 376. The van der Waals surface area contributed by atoms with Crippen LogP contribution in [-0.4, -0.2) is 0 Å². The third kappa shape index (κ3) is 2.95. The van der Waals surface area contributed by atoms with Gasteiger partial charge in [-0.25, -0.2) is 0 Å². The van der Waals surface area contributed by atoms with Crippen LogP contribution in [-0.2, 0) is 16.9 Å². The highest BCUT2D eigenvalue weighted by atomic mass is 31.1. The predicted molar refractivity (Wildman–Crippen MR) is 45.1 cm³/mol. The summed E-state index contributed by atoms with van der Waals surface area (Å²) in [5.41, 5.74) is -2.92. The second-order valence-corrected chi connectivity index (χ2v) is 3.68. The molecule has 1 aromatic rings. The first kappa shape index (κ1) is 13.0. The lowest BCUT2D eigenvalue weighted by Gasteiger charge is -2.10. The normalized spacial score (nSPS) is 13.1. The predicted octanol–water partition coefficient (Wildman–Crippen LogP) is 3.37. The van der Waals surface area contributed by atoms with Crippen molar-refractivity contribution in [2.45, 2.75) is 12.4 Å². The van der Waals surface area contributed by atoms with Gasteiger partial charge in [-0.3, -0.25) is 0 Å². The van der Waals surface area contributed by atoms with Gasteiger partial charge in [0.25, 0.3) is 0 Å². The molecule has 0 spiro atoms. The molecule has 8 heteroatoms. The summed E-state index contributed by atoms with van der Waals surface area (Å²) < 4.78 is 83.6. The molecule has 88 valence electrons. The molecule has 1 aromatic carbocycles. The summed E-state index contributed by atoms with van der Waals surface area (Å²) >= 11 is 0. The van der Waals surface area contributed by atoms with Crippen LogP contribution in [0.15, 0.2) is 18.2 Å². The summed E-state index contributed by atoms with van der Waals surface area (Å²) in [7, 11) is -1.37. The van der Waals surface area contributed by atoms with Crippen molar-refractivity contribution in [2.24, 2.45) is 0 Å². The van der Waals surface area contributed by atoms with Crippen LogP contribution in [0.2, 0.25) is 0 Å². The van der Waals surface area contributed by atoms with Crippen molar-refractivity contribution >= 4 is 13.8 Å². The van der Waals surface area contributed by atoms with E-state index in [1.54, 1.807) is 0 Å². The van der Waals surface area contributed by atoms with Crippen LogP contribution in [0.1, 0.15) is 11.1 Å². The van der Waals surface area contributed by atoms with Crippen LogP contribution in [0.4, 0.5) is 26.3 Å². The summed E-state index contributed by atoms with van der Waals surface area (Å²) in [5, 5.41) is -0.512. The molecule has 1 nitrogen and oxygen atoms in total. The molecule has 0 saturated carbocycles. The van der Waals surface area contributed by atoms with Crippen LogP contribution >= 0.6 is 8.46 Å². The van der Waals surface area contributed by atoms with Crippen LogP contribution in [0.3, 0.4) is 0 Å². The molecule has 0 aromatic heterocycles. The lowest BCUT2D eigenvalue weighted by Crippen LogP contribution is -2.14. The summed E-state index contributed by atoms with van der Waals surface area (Å²) in [6, 6.07) is 0.852. The molecule has 0 aliphatic rings. The van der Waals surface area contributed by atoms with E-state index in [9.17, 15) is 30.9 Å². The van der Waals surface area contributed by atoms with Crippen molar-refractivity contribution in [3.63, 3.8) is 0 Å². The minimum atomic E-state index is -4.89. The zero-order chi connectivity index (χ0) is 12.6. The van der Waals surface area contributed by atoms with Gasteiger partial charge >= 0.3 is 20.8 Å². The largest absolute Gasteiger partial charge is 0.416 e. The van der Waals surface area contributed by atoms with Gasteiger partial charge in [-0.2, -0.15) is 26.3 Å². The summed E-state index contributed by atoms with van der Waals surface area (Å²) in [4.78, 5) is 0. The van der Waals surface area contributed by atoms with E-state index in [4.69, 9.17) is 0 Å². The highest BCUT2D eigenvalue weighted by Crippen LogP contribution is 2.35. The number of alkyl halides is 6. The molecule has 0 N–H and O–H groups in total. The number of rotatable bonds is 1. The monoisotopic (exact) mass is 261 g/mol. The van der Waals surface area contributed by atoms with Crippen LogP contribution in [0.5, 0.6) is 0 Å². The van der Waals surface area contributed by atoms with Gasteiger partial charge in [-0.1, -0.05) is 4.57 Å². The molecule has 0 radical (unpaired) electrons. The summed E-state index contributed by atoms with van der Waals surface area (Å²) in [6.45, 7) is 0. The second-order valence-electron chi connectivity index (χ2n) is 2.90. The van der Waals surface area contributed by atoms with Crippen LogP contribution < -0.4 is 5.30 Å². The third-order valence-electron chi connectivity index (χ3n) is 1.71. The summed E-state index contributed by atoms with van der Waals surface area (Å²) in [6.07, 6.45) is -9.79. The molecule has 0 saturated heterocycles. The minimum Gasteiger partial charge on any atom is -0.166 e. The molecule has 0 fully saturated rings. The molecule has 1 atom stereocenters. The first-order valence-corrected chi connectivity index (χ1v) is 4.73. The SMILES string of the molecule is O=[PH+]c1cc(C(F)(F)F)cc(C(F)(F)F)c1. The van der Waals surface area contributed by atoms with Crippen molar-refractivity contribution in [2.75, 3.05) is 0 Å². The Morgan fingerprint density at radius 2 is 1.19 bits per heavy atom. The van der Waals surface area contributed by atoms with Gasteiger partial charge in [0.05, 0.1) is 11.1 Å². The van der Waals surface area contributed by atoms with Crippen molar-refractivity contribution in [1.82, 2.24) is 0 Å². The van der Waals surface area contributed by atoms with E-state index < -0.39 is 37.2 Å². The molecule has 0 amide bonds. The van der Waals surface area contributed by atoms with Gasteiger partial charge in [-0.05, 0) is 6.07 Å². The molecule has 16 heavy (non-hydrogen) atoms. The molecular weight excluding hydrogens is 257 g/mol. The zero-order valence-electron chi connectivity index (χ0n) is 7.41. The van der Waals surface area contributed by atoms with Gasteiger partial charge in [-0.15, -0.1) is 0 Å². The van der Waals surface area contributed by atoms with Crippen molar-refractivity contribution in [3.05, 3.63) is 29.3 Å². The Morgan fingerprint density at radius 3 is 1.44 bits per heavy atom. The number of hydrogen-bond donors (Lipinski definition) is 0. The molecule has 1 unspecified atom stereocenters. The van der Waals surface area contributed by atoms with Gasteiger partial charge in [0, 0.05) is 12.1 Å². The van der Waals surface area contributed by atoms with Crippen molar-refractivity contribution < 1.29 is 30.9 Å². The standard InChI is InChI=1S/C8H3F6OP/c9-7(10,11)4-1-5(8(12,13)14)3-6(2-4)16-15/h1-3H/p+1. The summed E-state index contributed by atoms with van der Waals surface area (Å²) in [5.74, 6) is 0. The molecular formula is C8H4F6OP+. The van der Waals surface area contributed by atoms with Gasteiger partial charge in [0.2, 0.25) is 0 Å². The average molecular weight is 261 g/mol. The second kappa shape index (κ2) is 4.05. The van der Waals surface area contributed by atoms with E-state index in [0.717, 1.165) is 0 Å². The average Bonchev–Trinajstić information content (AvgIpc) is 2.14. The fourth-order valence-electron chi connectivity index (χ4n) is 1.01. The lowest BCUT2D eigenvalue weighted by atomic mass is 10.1. The van der Waals surface area contributed by atoms with Crippen molar-refractivity contribution in [3.8, 4) is 0 Å². The third-order valence-corrected chi connectivity index (χ3v) is 2.23. The smallest absolute Gasteiger partial charge is 0.166 e. The van der Waals surface area contributed by atoms with E-state index in [-0.39, 0.29) is 6.07 Å². The maximum atomic E-state index is 12.2. The highest BCUT2D eigenvalue weighted by Gasteiger charge is 2.37. The first-order chi connectivity index (χ1) is 7.14. The van der Waals surface area contributed by atoms with Gasteiger partial charge in [0.1, 0.15) is 0 Å². The van der Waals surface area contributed by atoms with Gasteiger partial charge < -0.3 is 0 Å². The number of hydrogen-bond acceptors (Lipinski definition) is 1. The molecule has 1 rings (SSSR count). The maximum absolute atomic E-state index is 12.2. The van der Waals surface area contributed by atoms with E-state index >= 15 is 0 Å². The molecule has 0 heterocycles. The zero-order valence-corrected chi connectivity index (χ0v) is 8.41. The van der Waals surface area contributed by atoms with Crippen molar-refractivity contribution in [1.29, 1.82) is 0 Å². The molecule has 0 bridgehead atoms. The Hall–Kier alpha value is -1.10. The van der Waals surface area contributed by atoms with E-state index in [2.05, 4.69) is 0 Å². The Kier molecular flexibility index (Phi) is 3.28. The number of halogens is 6. The fraction of sp³-hybridized carbons (Fsp3) is 0.250. The topological polar surface area (TPSA) is 17.1 Å². The quantitative estimate of drug-likeness (QED) is 0.559.